The van der Waals surface area contributed by atoms with Crippen LogP contribution in [0.2, 0.25) is 0 Å². The minimum atomic E-state index is -1.30. The van der Waals surface area contributed by atoms with E-state index in [0.717, 1.165) is 19.3 Å². The van der Waals surface area contributed by atoms with E-state index >= 15 is 0 Å². The molecule has 0 heterocycles. The van der Waals surface area contributed by atoms with E-state index in [1.165, 1.54) is 0 Å². The van der Waals surface area contributed by atoms with Crippen LogP contribution in [0.1, 0.15) is 52.9 Å². The third-order valence-corrected chi connectivity index (χ3v) is 3.29. The Kier molecular flexibility index (Phi) is 5.33. The number of nitrogens with one attached hydrogen (secondary N) is 1. The summed E-state index contributed by atoms with van der Waals surface area (Å²) in [5.74, 6) is -2.39. The summed E-state index contributed by atoms with van der Waals surface area (Å²) in [6.45, 7) is 5.07. The molecule has 0 aromatic heterocycles. The van der Waals surface area contributed by atoms with Gasteiger partial charge in [0.2, 0.25) is 5.91 Å². The summed E-state index contributed by atoms with van der Waals surface area (Å²) in [7, 11) is 0. The van der Waals surface area contributed by atoms with Gasteiger partial charge in [0, 0.05) is 12.0 Å². The number of ether oxygens (including phenoxy) is 1. The average molecular weight is 300 g/mol. The first kappa shape index (κ1) is 17.4. The second-order valence-corrected chi connectivity index (χ2v) is 6.64. The molecule has 1 aliphatic rings. The van der Waals surface area contributed by atoms with Crippen molar-refractivity contribution in [1.82, 2.24) is 5.32 Å². The predicted octanol–water partition coefficient (Wildman–Crippen LogP) is 0.559. The van der Waals surface area contributed by atoms with E-state index in [1.54, 1.807) is 20.8 Å². The zero-order valence-electron chi connectivity index (χ0n) is 12.8. The lowest BCUT2D eigenvalue weighted by Gasteiger charge is -2.37. The van der Waals surface area contributed by atoms with Gasteiger partial charge in [-0.3, -0.25) is 9.59 Å². The molecule has 1 atom stereocenters. The number of aliphatic carboxylic acids is 1. The highest BCUT2D eigenvalue weighted by molar-refractivity contribution is 5.87. The zero-order chi connectivity index (χ0) is 16.3. The summed E-state index contributed by atoms with van der Waals surface area (Å²) in [5.41, 5.74) is 4.71. The van der Waals surface area contributed by atoms with Crippen molar-refractivity contribution in [3.05, 3.63) is 0 Å². The Hall–Kier alpha value is -1.63. The van der Waals surface area contributed by atoms with Gasteiger partial charge in [0.1, 0.15) is 11.6 Å². The highest BCUT2D eigenvalue weighted by Gasteiger charge is 2.36. The number of esters is 1. The molecule has 0 aromatic carbocycles. The molecule has 1 saturated carbocycles. The molecule has 1 fully saturated rings. The summed E-state index contributed by atoms with van der Waals surface area (Å²) in [4.78, 5) is 34.6. The fraction of sp³-hybridized carbons (Fsp3) is 0.786. The van der Waals surface area contributed by atoms with Crippen LogP contribution >= 0.6 is 0 Å². The topological polar surface area (TPSA) is 119 Å². The van der Waals surface area contributed by atoms with Crippen LogP contribution in [0.25, 0.3) is 0 Å². The molecule has 0 saturated heterocycles. The minimum absolute atomic E-state index is 0.0745. The van der Waals surface area contributed by atoms with Crippen LogP contribution in [-0.4, -0.2) is 40.1 Å². The molecular weight excluding hydrogens is 276 g/mol. The Morgan fingerprint density at radius 3 is 2.29 bits per heavy atom. The fourth-order valence-corrected chi connectivity index (χ4v) is 2.12. The summed E-state index contributed by atoms with van der Waals surface area (Å²) >= 11 is 0. The van der Waals surface area contributed by atoms with Gasteiger partial charge in [0.15, 0.2) is 0 Å². The van der Waals surface area contributed by atoms with Crippen LogP contribution in [0.5, 0.6) is 0 Å². The number of carboxylic acid groups (broad SMARTS) is 1. The average Bonchev–Trinajstić information content (AvgIpc) is 2.23. The lowest BCUT2D eigenvalue weighted by atomic mass is 9.75. The van der Waals surface area contributed by atoms with Crippen molar-refractivity contribution in [3.8, 4) is 0 Å². The van der Waals surface area contributed by atoms with E-state index in [1.807, 2.05) is 0 Å². The number of nitrogens with two attached hydrogens (primary N) is 1. The summed E-state index contributed by atoms with van der Waals surface area (Å²) < 4.78 is 5.05. The van der Waals surface area contributed by atoms with Gasteiger partial charge in [0.25, 0.3) is 0 Å². The molecule has 0 unspecified atom stereocenters. The van der Waals surface area contributed by atoms with Crippen LogP contribution in [0.3, 0.4) is 0 Å². The SMILES string of the molecule is CC(C)(C)OC(=O)C[C@H](NC(=O)CC1(N)CCC1)C(=O)O. The Morgan fingerprint density at radius 1 is 1.33 bits per heavy atom. The van der Waals surface area contributed by atoms with Crippen molar-refractivity contribution in [2.24, 2.45) is 5.73 Å². The van der Waals surface area contributed by atoms with E-state index in [0.29, 0.717) is 0 Å². The van der Waals surface area contributed by atoms with E-state index in [4.69, 9.17) is 15.6 Å². The van der Waals surface area contributed by atoms with Crippen LogP contribution in [0, 0.1) is 0 Å². The van der Waals surface area contributed by atoms with Gasteiger partial charge < -0.3 is 20.9 Å². The van der Waals surface area contributed by atoms with Crippen molar-refractivity contribution in [1.29, 1.82) is 0 Å². The molecule has 1 aliphatic carbocycles. The molecule has 0 spiro atoms. The molecule has 0 bridgehead atoms. The third kappa shape index (κ3) is 6.12. The van der Waals surface area contributed by atoms with Crippen LogP contribution in [0.15, 0.2) is 0 Å². The normalized spacial score (nSPS) is 18.3. The lowest BCUT2D eigenvalue weighted by molar-refractivity contribution is -0.158. The molecule has 4 N–H and O–H groups in total. The first-order chi connectivity index (χ1) is 9.51. The number of carboxylic acids is 1. The molecule has 0 aromatic rings. The zero-order valence-corrected chi connectivity index (χ0v) is 12.8. The minimum Gasteiger partial charge on any atom is -0.480 e. The molecule has 1 amide bonds. The number of rotatable bonds is 6. The van der Waals surface area contributed by atoms with Gasteiger partial charge in [-0.25, -0.2) is 4.79 Å². The molecule has 0 aliphatic heterocycles. The summed E-state index contributed by atoms with van der Waals surface area (Å²) in [5, 5.41) is 11.4. The van der Waals surface area contributed by atoms with Gasteiger partial charge in [-0.2, -0.15) is 0 Å². The van der Waals surface area contributed by atoms with Crippen molar-refractivity contribution in [2.45, 2.75) is 70.1 Å². The van der Waals surface area contributed by atoms with Gasteiger partial charge >= 0.3 is 11.9 Å². The maximum Gasteiger partial charge on any atom is 0.326 e. The number of carbonyl (C=O) groups is 3. The Bertz CT molecular complexity index is 424. The molecule has 21 heavy (non-hydrogen) atoms. The fourth-order valence-electron chi connectivity index (χ4n) is 2.12. The Balaban J connectivity index is 2.51. The summed E-state index contributed by atoms with van der Waals surface area (Å²) in [6.07, 6.45) is 2.15. The highest BCUT2D eigenvalue weighted by Crippen LogP contribution is 2.31. The Morgan fingerprint density at radius 2 is 1.90 bits per heavy atom. The van der Waals surface area contributed by atoms with E-state index < -0.39 is 41.4 Å². The van der Waals surface area contributed by atoms with E-state index in [2.05, 4.69) is 5.32 Å². The second kappa shape index (κ2) is 6.43. The van der Waals surface area contributed by atoms with Gasteiger partial charge in [-0.05, 0) is 40.0 Å². The Labute approximate surface area is 124 Å². The van der Waals surface area contributed by atoms with Crippen molar-refractivity contribution in [2.75, 3.05) is 0 Å². The van der Waals surface area contributed by atoms with Gasteiger partial charge in [0.05, 0.1) is 6.42 Å². The van der Waals surface area contributed by atoms with Gasteiger partial charge in [-0.1, -0.05) is 0 Å². The van der Waals surface area contributed by atoms with Crippen molar-refractivity contribution in [3.63, 3.8) is 0 Å². The molecule has 0 radical (unpaired) electrons. The largest absolute Gasteiger partial charge is 0.480 e. The van der Waals surface area contributed by atoms with E-state index in [-0.39, 0.29) is 6.42 Å². The number of hydrogen-bond donors (Lipinski definition) is 3. The monoisotopic (exact) mass is 300 g/mol. The third-order valence-electron chi connectivity index (χ3n) is 3.29. The quantitative estimate of drug-likeness (QED) is 0.617. The molecule has 7 nitrogen and oxygen atoms in total. The molecule has 1 rings (SSSR count). The maximum atomic E-state index is 11.8. The molecule has 7 heteroatoms. The van der Waals surface area contributed by atoms with E-state index in [9.17, 15) is 14.4 Å². The number of hydrogen-bond acceptors (Lipinski definition) is 5. The van der Waals surface area contributed by atoms with Crippen LogP contribution in [-0.2, 0) is 19.1 Å². The molecular formula is C14H24N2O5. The van der Waals surface area contributed by atoms with Crippen molar-refractivity contribution >= 4 is 17.8 Å². The first-order valence-corrected chi connectivity index (χ1v) is 7.04. The second-order valence-electron chi connectivity index (χ2n) is 6.64. The van der Waals surface area contributed by atoms with Crippen LogP contribution < -0.4 is 11.1 Å². The summed E-state index contributed by atoms with van der Waals surface area (Å²) in [6, 6.07) is -1.30. The number of amides is 1. The predicted molar refractivity (Wildman–Crippen MR) is 75.4 cm³/mol. The van der Waals surface area contributed by atoms with Crippen molar-refractivity contribution < 1.29 is 24.2 Å². The molecule has 120 valence electrons. The highest BCUT2D eigenvalue weighted by atomic mass is 16.6. The first-order valence-electron chi connectivity index (χ1n) is 7.04. The van der Waals surface area contributed by atoms with Crippen LogP contribution in [0.4, 0.5) is 0 Å². The lowest BCUT2D eigenvalue weighted by Crippen LogP contribution is -2.52. The standard InChI is InChI=1S/C14H24N2O5/c1-13(2,3)21-11(18)7-9(12(19)20)16-10(17)8-14(15)5-4-6-14/h9H,4-8,15H2,1-3H3,(H,16,17)(H,19,20)/t9-/m0/s1. The maximum absolute atomic E-state index is 11.8. The smallest absolute Gasteiger partial charge is 0.326 e. The van der Waals surface area contributed by atoms with Gasteiger partial charge in [-0.15, -0.1) is 0 Å². The number of carbonyl (C=O) groups excluding carboxylic acids is 2.